The Balaban J connectivity index is 1.71. The summed E-state index contributed by atoms with van der Waals surface area (Å²) in [6.45, 7) is 8.81. The Morgan fingerprint density at radius 3 is 2.87 bits per heavy atom. The Bertz CT molecular complexity index is 647. The number of alkyl carbamates (subject to hydrolysis) is 1. The van der Waals surface area contributed by atoms with Crippen molar-refractivity contribution >= 4 is 11.7 Å². The van der Waals surface area contributed by atoms with Crippen molar-refractivity contribution in [2.24, 2.45) is 0 Å². The molecule has 2 aromatic heterocycles. The fourth-order valence-electron chi connectivity index (χ4n) is 2.11. The van der Waals surface area contributed by atoms with Crippen LogP contribution in [0.25, 0.3) is 5.65 Å². The molecule has 23 heavy (non-hydrogen) atoms. The summed E-state index contributed by atoms with van der Waals surface area (Å²) in [5, 5.41) is 14.4. The SMILES string of the molecule is CC(CNC(=O)OC(C)(C)C)NCCc1nnc2ccccn12. The summed E-state index contributed by atoms with van der Waals surface area (Å²) < 4.78 is 7.18. The van der Waals surface area contributed by atoms with Crippen molar-refractivity contribution in [2.45, 2.75) is 45.8 Å². The second kappa shape index (κ2) is 7.41. The quantitative estimate of drug-likeness (QED) is 0.848. The minimum atomic E-state index is -0.477. The molecule has 1 unspecified atom stereocenters. The molecule has 0 radical (unpaired) electrons. The molecule has 7 nitrogen and oxygen atoms in total. The molecule has 0 fully saturated rings. The van der Waals surface area contributed by atoms with E-state index in [0.29, 0.717) is 6.54 Å². The average molecular weight is 319 g/mol. The monoisotopic (exact) mass is 319 g/mol. The maximum atomic E-state index is 11.6. The Labute approximate surface area is 136 Å². The van der Waals surface area contributed by atoms with E-state index in [-0.39, 0.29) is 6.04 Å². The van der Waals surface area contributed by atoms with Crippen LogP contribution >= 0.6 is 0 Å². The minimum absolute atomic E-state index is 0.140. The van der Waals surface area contributed by atoms with E-state index in [2.05, 4.69) is 20.8 Å². The molecule has 2 N–H and O–H groups in total. The summed E-state index contributed by atoms with van der Waals surface area (Å²) in [6, 6.07) is 5.97. The zero-order chi connectivity index (χ0) is 16.9. The highest BCUT2D eigenvalue weighted by Gasteiger charge is 2.16. The normalized spacial score (nSPS) is 13.0. The van der Waals surface area contributed by atoms with Crippen LogP contribution in [0.1, 0.15) is 33.5 Å². The van der Waals surface area contributed by atoms with E-state index in [0.717, 1.165) is 24.4 Å². The van der Waals surface area contributed by atoms with Gasteiger partial charge < -0.3 is 15.4 Å². The highest BCUT2D eigenvalue weighted by atomic mass is 16.6. The van der Waals surface area contributed by atoms with Crippen molar-refractivity contribution in [1.29, 1.82) is 0 Å². The maximum absolute atomic E-state index is 11.6. The standard InChI is InChI=1S/C16H25N5O2/c1-12(11-18-15(22)23-16(2,3)4)17-9-8-14-20-19-13-7-5-6-10-21(13)14/h5-7,10,12,17H,8-9,11H2,1-4H3,(H,18,22). The molecule has 0 aliphatic heterocycles. The van der Waals surface area contributed by atoms with Crippen LogP contribution in [-0.2, 0) is 11.2 Å². The number of hydrogen-bond acceptors (Lipinski definition) is 5. The maximum Gasteiger partial charge on any atom is 0.407 e. The van der Waals surface area contributed by atoms with Gasteiger partial charge in [0, 0.05) is 31.7 Å². The van der Waals surface area contributed by atoms with Gasteiger partial charge in [-0.15, -0.1) is 10.2 Å². The number of ether oxygens (including phenoxy) is 1. The van der Waals surface area contributed by atoms with Crippen LogP contribution in [0.2, 0.25) is 0 Å². The molecule has 0 aliphatic carbocycles. The Morgan fingerprint density at radius 1 is 1.35 bits per heavy atom. The fourth-order valence-corrected chi connectivity index (χ4v) is 2.11. The van der Waals surface area contributed by atoms with E-state index >= 15 is 0 Å². The molecule has 0 bridgehead atoms. The molecule has 7 heteroatoms. The number of fused-ring (bicyclic) bond motifs is 1. The Morgan fingerprint density at radius 2 is 2.13 bits per heavy atom. The van der Waals surface area contributed by atoms with Gasteiger partial charge >= 0.3 is 6.09 Å². The number of carbonyl (C=O) groups excluding carboxylic acids is 1. The van der Waals surface area contributed by atoms with Gasteiger partial charge in [0.15, 0.2) is 5.65 Å². The van der Waals surface area contributed by atoms with Crippen LogP contribution < -0.4 is 10.6 Å². The van der Waals surface area contributed by atoms with Gasteiger partial charge in [0.1, 0.15) is 11.4 Å². The first-order valence-corrected chi connectivity index (χ1v) is 7.84. The van der Waals surface area contributed by atoms with Crippen molar-refractivity contribution in [3.05, 3.63) is 30.2 Å². The van der Waals surface area contributed by atoms with Crippen LogP contribution in [0, 0.1) is 0 Å². The van der Waals surface area contributed by atoms with E-state index in [1.807, 2.05) is 56.5 Å². The second-order valence-electron chi connectivity index (χ2n) is 6.53. The summed E-state index contributed by atoms with van der Waals surface area (Å²) >= 11 is 0. The van der Waals surface area contributed by atoms with Gasteiger partial charge in [-0.1, -0.05) is 6.07 Å². The molecule has 2 heterocycles. The van der Waals surface area contributed by atoms with E-state index in [1.54, 1.807) is 0 Å². The van der Waals surface area contributed by atoms with Crippen LogP contribution in [-0.4, -0.2) is 45.4 Å². The predicted octanol–water partition coefficient (Wildman–Crippen LogP) is 1.77. The van der Waals surface area contributed by atoms with Crippen LogP contribution in [0.3, 0.4) is 0 Å². The van der Waals surface area contributed by atoms with Crippen molar-refractivity contribution in [3.8, 4) is 0 Å². The van der Waals surface area contributed by atoms with Crippen LogP contribution in [0.4, 0.5) is 4.79 Å². The summed E-state index contributed by atoms with van der Waals surface area (Å²) in [4.78, 5) is 11.6. The third-order valence-corrected chi connectivity index (χ3v) is 3.18. The fraction of sp³-hybridized carbons (Fsp3) is 0.562. The smallest absolute Gasteiger partial charge is 0.407 e. The molecule has 0 aliphatic rings. The Hall–Kier alpha value is -2.15. The number of hydrogen-bond donors (Lipinski definition) is 2. The van der Waals surface area contributed by atoms with E-state index in [1.165, 1.54) is 0 Å². The van der Waals surface area contributed by atoms with E-state index in [9.17, 15) is 4.79 Å². The highest BCUT2D eigenvalue weighted by Crippen LogP contribution is 2.06. The molecule has 0 saturated carbocycles. The minimum Gasteiger partial charge on any atom is -0.444 e. The lowest BCUT2D eigenvalue weighted by molar-refractivity contribution is 0.0523. The molecular formula is C16H25N5O2. The van der Waals surface area contributed by atoms with Gasteiger partial charge in [0.25, 0.3) is 0 Å². The summed E-state index contributed by atoms with van der Waals surface area (Å²) in [7, 11) is 0. The third-order valence-electron chi connectivity index (χ3n) is 3.18. The molecule has 1 atom stereocenters. The number of aromatic nitrogens is 3. The second-order valence-corrected chi connectivity index (χ2v) is 6.53. The molecule has 2 aromatic rings. The lowest BCUT2D eigenvalue weighted by atomic mass is 10.2. The lowest BCUT2D eigenvalue weighted by Gasteiger charge is -2.21. The molecule has 1 amide bonds. The van der Waals surface area contributed by atoms with Crippen LogP contribution in [0.5, 0.6) is 0 Å². The average Bonchev–Trinajstić information content (AvgIpc) is 2.87. The Kier molecular flexibility index (Phi) is 5.54. The highest BCUT2D eigenvalue weighted by molar-refractivity contribution is 5.67. The number of amides is 1. The molecule has 0 saturated heterocycles. The van der Waals surface area contributed by atoms with E-state index in [4.69, 9.17) is 4.74 Å². The molecule has 126 valence electrons. The number of carbonyl (C=O) groups is 1. The van der Waals surface area contributed by atoms with Crippen LogP contribution in [0.15, 0.2) is 24.4 Å². The first-order chi connectivity index (χ1) is 10.8. The van der Waals surface area contributed by atoms with Gasteiger partial charge in [-0.25, -0.2) is 4.79 Å². The van der Waals surface area contributed by atoms with Gasteiger partial charge in [0.2, 0.25) is 0 Å². The van der Waals surface area contributed by atoms with Gasteiger partial charge in [-0.3, -0.25) is 4.40 Å². The van der Waals surface area contributed by atoms with Gasteiger partial charge in [0.05, 0.1) is 0 Å². The van der Waals surface area contributed by atoms with Crippen molar-refractivity contribution in [2.75, 3.05) is 13.1 Å². The van der Waals surface area contributed by atoms with Crippen molar-refractivity contribution in [1.82, 2.24) is 25.2 Å². The predicted molar refractivity (Wildman–Crippen MR) is 88.4 cm³/mol. The van der Waals surface area contributed by atoms with Crippen molar-refractivity contribution in [3.63, 3.8) is 0 Å². The summed E-state index contributed by atoms with van der Waals surface area (Å²) in [5.74, 6) is 0.917. The molecular weight excluding hydrogens is 294 g/mol. The largest absolute Gasteiger partial charge is 0.444 e. The number of pyridine rings is 1. The number of nitrogens with zero attached hydrogens (tertiary/aromatic N) is 3. The number of nitrogens with one attached hydrogen (secondary N) is 2. The number of rotatable bonds is 6. The third kappa shape index (κ3) is 5.52. The lowest BCUT2D eigenvalue weighted by Crippen LogP contribution is -2.41. The van der Waals surface area contributed by atoms with Gasteiger partial charge in [-0.2, -0.15) is 0 Å². The molecule has 0 aromatic carbocycles. The summed E-state index contributed by atoms with van der Waals surface area (Å²) in [5.41, 5.74) is 0.372. The zero-order valence-corrected chi connectivity index (χ0v) is 14.2. The summed E-state index contributed by atoms with van der Waals surface area (Å²) in [6.07, 6.45) is 2.33. The first-order valence-electron chi connectivity index (χ1n) is 7.84. The zero-order valence-electron chi connectivity index (χ0n) is 14.2. The van der Waals surface area contributed by atoms with Crippen molar-refractivity contribution < 1.29 is 9.53 Å². The topological polar surface area (TPSA) is 80.5 Å². The first kappa shape index (κ1) is 17.2. The van der Waals surface area contributed by atoms with E-state index < -0.39 is 11.7 Å². The molecule has 0 spiro atoms. The van der Waals surface area contributed by atoms with Gasteiger partial charge in [-0.05, 0) is 39.8 Å². The molecule has 2 rings (SSSR count).